The molecule has 2 N–H and O–H groups in total. The van der Waals surface area contributed by atoms with Crippen molar-refractivity contribution in [2.75, 3.05) is 11.9 Å². The van der Waals surface area contributed by atoms with E-state index in [-0.39, 0.29) is 22.5 Å². The van der Waals surface area contributed by atoms with Crippen LogP contribution in [0.4, 0.5) is 14.6 Å². The largest absolute Gasteiger partial charge is 0.507 e. The van der Waals surface area contributed by atoms with Gasteiger partial charge >= 0.3 is 0 Å². The van der Waals surface area contributed by atoms with E-state index in [9.17, 15) is 13.9 Å². The van der Waals surface area contributed by atoms with Crippen molar-refractivity contribution in [2.45, 2.75) is 6.42 Å². The van der Waals surface area contributed by atoms with Crippen molar-refractivity contribution < 1.29 is 13.9 Å². The Hall–Kier alpha value is -2.28. The first-order valence-electron chi connectivity index (χ1n) is 6.86. The molecule has 4 nitrogen and oxygen atoms in total. The van der Waals surface area contributed by atoms with Crippen molar-refractivity contribution in [1.29, 1.82) is 0 Å². The highest BCUT2D eigenvalue weighted by molar-refractivity contribution is 9.10. The fourth-order valence-electron chi connectivity index (χ4n) is 2.27. The number of aromatic nitrogens is 2. The number of halogens is 3. The van der Waals surface area contributed by atoms with Crippen molar-refractivity contribution in [3.05, 3.63) is 58.3 Å². The molecule has 7 heteroatoms. The van der Waals surface area contributed by atoms with Gasteiger partial charge in [-0.3, -0.25) is 0 Å². The fraction of sp³-hybridized carbons (Fsp3) is 0.125. The molecule has 1 aromatic heterocycles. The third kappa shape index (κ3) is 3.24. The van der Waals surface area contributed by atoms with Crippen LogP contribution in [0.3, 0.4) is 0 Å². The minimum Gasteiger partial charge on any atom is -0.507 e. The summed E-state index contributed by atoms with van der Waals surface area (Å²) in [5.41, 5.74) is 0.932. The molecule has 0 spiro atoms. The van der Waals surface area contributed by atoms with Crippen molar-refractivity contribution >= 4 is 32.7 Å². The second-order valence-corrected chi connectivity index (χ2v) is 5.79. The fourth-order valence-corrected chi connectivity index (χ4v) is 2.69. The van der Waals surface area contributed by atoms with E-state index < -0.39 is 11.6 Å². The van der Waals surface area contributed by atoms with E-state index in [0.717, 1.165) is 17.7 Å². The molecule has 0 unspecified atom stereocenters. The maximum Gasteiger partial charge on any atom is 0.149 e. The van der Waals surface area contributed by atoms with Gasteiger partial charge in [0.1, 0.15) is 35.0 Å². The second-order valence-electron chi connectivity index (χ2n) is 4.94. The monoisotopic (exact) mass is 379 g/mol. The molecule has 0 aliphatic rings. The highest BCUT2D eigenvalue weighted by Gasteiger charge is 2.12. The standard InChI is InChI=1S/C16H12BrF2N3O/c17-10-7-9(1-4-13(10)23)5-6-20-16-14-11(18)2-3-12(19)15(14)21-8-22-16/h1-4,7-8,23H,5-6H2,(H,20,21,22). The van der Waals surface area contributed by atoms with Gasteiger partial charge in [0.05, 0.1) is 9.86 Å². The van der Waals surface area contributed by atoms with E-state index in [1.807, 2.05) is 0 Å². The Morgan fingerprint density at radius 1 is 1.09 bits per heavy atom. The van der Waals surface area contributed by atoms with Gasteiger partial charge < -0.3 is 10.4 Å². The zero-order chi connectivity index (χ0) is 16.4. The molecule has 0 bridgehead atoms. The molecule has 3 rings (SSSR count). The average Bonchev–Trinajstić information content (AvgIpc) is 2.54. The molecule has 0 radical (unpaired) electrons. The number of phenolic OH excluding ortho intramolecular Hbond substituents is 1. The second kappa shape index (κ2) is 6.45. The van der Waals surface area contributed by atoms with Gasteiger partial charge in [0.25, 0.3) is 0 Å². The van der Waals surface area contributed by atoms with Gasteiger partial charge in [-0.2, -0.15) is 0 Å². The first-order valence-corrected chi connectivity index (χ1v) is 7.65. The summed E-state index contributed by atoms with van der Waals surface area (Å²) >= 11 is 3.25. The van der Waals surface area contributed by atoms with Crippen molar-refractivity contribution in [3.8, 4) is 5.75 Å². The summed E-state index contributed by atoms with van der Waals surface area (Å²) < 4.78 is 28.3. The molecular formula is C16H12BrF2N3O. The van der Waals surface area contributed by atoms with Crippen LogP contribution in [-0.2, 0) is 6.42 Å². The van der Waals surface area contributed by atoms with Gasteiger partial charge in [0.2, 0.25) is 0 Å². The van der Waals surface area contributed by atoms with Crippen LogP contribution >= 0.6 is 15.9 Å². The average molecular weight is 380 g/mol. The van der Waals surface area contributed by atoms with E-state index in [2.05, 4.69) is 31.2 Å². The molecule has 118 valence electrons. The molecule has 0 saturated heterocycles. The van der Waals surface area contributed by atoms with Crippen LogP contribution in [0.15, 0.2) is 41.1 Å². The first kappa shape index (κ1) is 15.6. The number of anilines is 1. The van der Waals surface area contributed by atoms with E-state index in [4.69, 9.17) is 0 Å². The summed E-state index contributed by atoms with van der Waals surface area (Å²) in [5, 5.41) is 12.5. The number of rotatable bonds is 4. The van der Waals surface area contributed by atoms with E-state index in [0.29, 0.717) is 17.4 Å². The summed E-state index contributed by atoms with van der Waals surface area (Å²) in [4.78, 5) is 7.78. The molecular weight excluding hydrogens is 368 g/mol. The highest BCUT2D eigenvalue weighted by atomic mass is 79.9. The van der Waals surface area contributed by atoms with Gasteiger partial charge in [-0.15, -0.1) is 0 Å². The Bertz CT molecular complexity index is 873. The molecule has 23 heavy (non-hydrogen) atoms. The number of hydrogen-bond acceptors (Lipinski definition) is 4. The Morgan fingerprint density at radius 3 is 2.65 bits per heavy atom. The van der Waals surface area contributed by atoms with Gasteiger partial charge in [-0.1, -0.05) is 6.07 Å². The summed E-state index contributed by atoms with van der Waals surface area (Å²) in [7, 11) is 0. The molecule has 0 atom stereocenters. The minimum atomic E-state index is -0.589. The van der Waals surface area contributed by atoms with Crippen LogP contribution in [0.25, 0.3) is 10.9 Å². The van der Waals surface area contributed by atoms with Gasteiger partial charge in [0.15, 0.2) is 0 Å². The van der Waals surface area contributed by atoms with Crippen LogP contribution in [-0.4, -0.2) is 21.6 Å². The Kier molecular flexibility index (Phi) is 4.38. The summed E-state index contributed by atoms with van der Waals surface area (Å²) in [5.74, 6) is -0.739. The van der Waals surface area contributed by atoms with Gasteiger partial charge in [-0.05, 0) is 52.2 Å². The topological polar surface area (TPSA) is 58.0 Å². The van der Waals surface area contributed by atoms with E-state index >= 15 is 0 Å². The Morgan fingerprint density at radius 2 is 1.87 bits per heavy atom. The van der Waals surface area contributed by atoms with Gasteiger partial charge in [0, 0.05) is 6.54 Å². The van der Waals surface area contributed by atoms with Gasteiger partial charge in [-0.25, -0.2) is 18.7 Å². The van der Waals surface area contributed by atoms with Crippen LogP contribution < -0.4 is 5.32 Å². The number of nitrogens with one attached hydrogen (secondary N) is 1. The number of phenols is 1. The third-order valence-corrected chi connectivity index (χ3v) is 4.04. The van der Waals surface area contributed by atoms with Crippen molar-refractivity contribution in [3.63, 3.8) is 0 Å². The zero-order valence-corrected chi connectivity index (χ0v) is 13.4. The molecule has 2 aromatic carbocycles. The minimum absolute atomic E-state index is 0.0411. The molecule has 3 aromatic rings. The molecule has 0 saturated carbocycles. The lowest BCUT2D eigenvalue weighted by Gasteiger charge is -2.09. The quantitative estimate of drug-likeness (QED) is 0.718. The normalized spacial score (nSPS) is 10.9. The summed E-state index contributed by atoms with van der Waals surface area (Å²) in [6, 6.07) is 7.29. The smallest absolute Gasteiger partial charge is 0.149 e. The molecule has 0 fully saturated rings. The lowest BCUT2D eigenvalue weighted by atomic mass is 10.1. The van der Waals surface area contributed by atoms with E-state index in [1.54, 1.807) is 18.2 Å². The predicted octanol–water partition coefficient (Wildman–Crippen LogP) is 4.03. The third-order valence-electron chi connectivity index (χ3n) is 3.41. The maximum atomic E-state index is 14.0. The highest BCUT2D eigenvalue weighted by Crippen LogP contribution is 2.26. The Balaban J connectivity index is 1.79. The molecule has 0 aliphatic carbocycles. The van der Waals surface area contributed by atoms with Crippen LogP contribution in [0.1, 0.15) is 5.56 Å². The van der Waals surface area contributed by atoms with Crippen molar-refractivity contribution in [2.24, 2.45) is 0 Å². The number of nitrogens with zero attached hydrogens (tertiary/aromatic N) is 2. The maximum absolute atomic E-state index is 14.0. The first-order chi connectivity index (χ1) is 11.1. The molecule has 0 aliphatic heterocycles. The molecule has 1 heterocycles. The SMILES string of the molecule is Oc1ccc(CCNc2ncnc3c(F)ccc(F)c23)cc1Br. The van der Waals surface area contributed by atoms with E-state index in [1.165, 1.54) is 6.33 Å². The van der Waals surface area contributed by atoms with Crippen LogP contribution in [0, 0.1) is 11.6 Å². The number of hydrogen-bond donors (Lipinski definition) is 2. The zero-order valence-electron chi connectivity index (χ0n) is 11.9. The summed E-state index contributed by atoms with van der Waals surface area (Å²) in [6.45, 7) is 0.472. The van der Waals surface area contributed by atoms with Crippen molar-refractivity contribution in [1.82, 2.24) is 9.97 Å². The number of fused-ring (bicyclic) bond motifs is 1. The predicted molar refractivity (Wildman–Crippen MR) is 87.5 cm³/mol. The number of benzene rings is 2. The van der Waals surface area contributed by atoms with Crippen LogP contribution in [0.2, 0.25) is 0 Å². The lowest BCUT2D eigenvalue weighted by molar-refractivity contribution is 0.471. The van der Waals surface area contributed by atoms with Crippen LogP contribution in [0.5, 0.6) is 5.75 Å². The Labute approximate surface area is 139 Å². The number of aromatic hydroxyl groups is 1. The summed E-state index contributed by atoms with van der Waals surface area (Å²) in [6.07, 6.45) is 1.83. The molecule has 0 amide bonds. The lowest BCUT2D eigenvalue weighted by Crippen LogP contribution is -2.08.